The molecular formula is C14H13ClN2O2S. The van der Waals surface area contributed by atoms with E-state index in [4.69, 9.17) is 11.6 Å². The van der Waals surface area contributed by atoms with E-state index in [1.165, 1.54) is 11.3 Å². The van der Waals surface area contributed by atoms with Crippen LogP contribution in [0.2, 0.25) is 5.02 Å². The molecule has 1 aliphatic rings. The van der Waals surface area contributed by atoms with Gasteiger partial charge in [0.05, 0.1) is 11.8 Å². The lowest BCUT2D eigenvalue weighted by Crippen LogP contribution is -2.37. The van der Waals surface area contributed by atoms with E-state index >= 15 is 0 Å². The predicted octanol–water partition coefficient (Wildman–Crippen LogP) is 3.17. The van der Waals surface area contributed by atoms with Gasteiger partial charge in [-0.1, -0.05) is 29.8 Å². The molecule has 104 valence electrons. The largest absolute Gasteiger partial charge is 0.393 e. The van der Waals surface area contributed by atoms with Gasteiger partial charge in [0.15, 0.2) is 5.13 Å². The molecule has 0 spiro atoms. The summed E-state index contributed by atoms with van der Waals surface area (Å²) in [5.41, 5.74) is 1.61. The fraction of sp³-hybridized carbons (Fsp3) is 0.286. The number of hydrogen-bond acceptors (Lipinski definition) is 4. The Kier molecular flexibility index (Phi) is 3.74. The Morgan fingerprint density at radius 1 is 1.40 bits per heavy atom. The van der Waals surface area contributed by atoms with Crippen LogP contribution in [0.1, 0.15) is 12.8 Å². The van der Waals surface area contributed by atoms with Gasteiger partial charge in [-0.25, -0.2) is 4.98 Å². The van der Waals surface area contributed by atoms with Gasteiger partial charge in [-0.05, 0) is 18.9 Å². The van der Waals surface area contributed by atoms with Crippen LogP contribution in [0, 0.1) is 5.92 Å². The maximum atomic E-state index is 11.9. The van der Waals surface area contributed by atoms with Crippen molar-refractivity contribution < 1.29 is 9.90 Å². The fourth-order valence-corrected chi connectivity index (χ4v) is 3.08. The number of aliphatic hydroxyl groups excluding tert-OH is 1. The van der Waals surface area contributed by atoms with Gasteiger partial charge in [-0.2, -0.15) is 0 Å². The predicted molar refractivity (Wildman–Crippen MR) is 79.9 cm³/mol. The summed E-state index contributed by atoms with van der Waals surface area (Å²) in [5.74, 6) is -0.173. The normalized spacial score (nSPS) is 21.3. The van der Waals surface area contributed by atoms with Crippen molar-refractivity contribution in [1.29, 1.82) is 0 Å². The summed E-state index contributed by atoms with van der Waals surface area (Å²) < 4.78 is 0. The zero-order chi connectivity index (χ0) is 14.1. The minimum atomic E-state index is -0.333. The lowest BCUT2D eigenvalue weighted by molar-refractivity contribution is -0.126. The standard InChI is InChI=1S/C14H13ClN2O2S/c15-11-4-2-1-3-10(11)12-7-20-14(16-12)17-13(19)8-5-9(18)6-8/h1-4,7-9,18H,5-6H2,(H,16,17,19). The zero-order valence-electron chi connectivity index (χ0n) is 10.5. The smallest absolute Gasteiger partial charge is 0.229 e. The van der Waals surface area contributed by atoms with Gasteiger partial charge < -0.3 is 10.4 Å². The molecule has 1 heterocycles. The van der Waals surface area contributed by atoms with E-state index in [9.17, 15) is 9.90 Å². The Labute approximate surface area is 125 Å². The molecule has 2 N–H and O–H groups in total. The molecule has 0 unspecified atom stereocenters. The zero-order valence-corrected chi connectivity index (χ0v) is 12.1. The van der Waals surface area contributed by atoms with E-state index in [2.05, 4.69) is 10.3 Å². The molecule has 0 bridgehead atoms. The number of aromatic nitrogens is 1. The minimum absolute atomic E-state index is 0.0737. The Bertz CT molecular complexity index is 638. The number of aliphatic hydroxyl groups is 1. The summed E-state index contributed by atoms with van der Waals surface area (Å²) in [4.78, 5) is 16.3. The SMILES string of the molecule is O=C(Nc1nc(-c2ccccc2Cl)cs1)C1CC(O)C1. The number of benzene rings is 1. The summed E-state index contributed by atoms with van der Waals surface area (Å²) in [5, 5.41) is 15.1. The number of carbonyl (C=O) groups is 1. The van der Waals surface area contributed by atoms with Crippen LogP contribution in [0.4, 0.5) is 5.13 Å². The van der Waals surface area contributed by atoms with Gasteiger partial charge in [0.1, 0.15) is 0 Å². The van der Waals surface area contributed by atoms with Crippen LogP contribution in [0.15, 0.2) is 29.6 Å². The number of nitrogens with zero attached hydrogens (tertiary/aromatic N) is 1. The van der Waals surface area contributed by atoms with Crippen LogP contribution >= 0.6 is 22.9 Å². The molecule has 2 aromatic rings. The second kappa shape index (κ2) is 5.52. The average molecular weight is 309 g/mol. The molecule has 0 saturated heterocycles. The number of halogens is 1. The highest BCUT2D eigenvalue weighted by Crippen LogP contribution is 2.32. The van der Waals surface area contributed by atoms with Crippen molar-refractivity contribution in [1.82, 2.24) is 4.98 Å². The van der Waals surface area contributed by atoms with Crippen molar-refractivity contribution in [2.75, 3.05) is 5.32 Å². The molecule has 4 nitrogen and oxygen atoms in total. The summed E-state index contributed by atoms with van der Waals surface area (Å²) in [7, 11) is 0. The maximum absolute atomic E-state index is 11.9. The molecule has 0 atom stereocenters. The quantitative estimate of drug-likeness (QED) is 0.915. The van der Waals surface area contributed by atoms with E-state index < -0.39 is 0 Å². The highest BCUT2D eigenvalue weighted by atomic mass is 35.5. The maximum Gasteiger partial charge on any atom is 0.229 e. The van der Waals surface area contributed by atoms with Gasteiger partial charge in [0, 0.05) is 21.9 Å². The molecule has 0 radical (unpaired) electrons. The molecule has 6 heteroatoms. The van der Waals surface area contributed by atoms with Crippen LogP contribution in [-0.2, 0) is 4.79 Å². The van der Waals surface area contributed by atoms with E-state index in [1.54, 1.807) is 0 Å². The number of rotatable bonds is 3. The highest BCUT2D eigenvalue weighted by molar-refractivity contribution is 7.14. The monoisotopic (exact) mass is 308 g/mol. The summed E-state index contributed by atoms with van der Waals surface area (Å²) in [6, 6.07) is 7.47. The molecule has 1 amide bonds. The fourth-order valence-electron chi connectivity index (χ4n) is 2.13. The van der Waals surface area contributed by atoms with Crippen molar-refractivity contribution in [3.63, 3.8) is 0 Å². The molecule has 1 aliphatic carbocycles. The Hall–Kier alpha value is -1.43. The van der Waals surface area contributed by atoms with Gasteiger partial charge in [0.2, 0.25) is 5.91 Å². The van der Waals surface area contributed by atoms with Crippen LogP contribution in [-0.4, -0.2) is 22.1 Å². The Balaban J connectivity index is 1.71. The number of thiazole rings is 1. The lowest BCUT2D eigenvalue weighted by atomic mass is 9.82. The summed E-state index contributed by atoms with van der Waals surface area (Å²) >= 11 is 7.49. The lowest BCUT2D eigenvalue weighted by Gasteiger charge is -2.29. The number of hydrogen-bond donors (Lipinski definition) is 2. The second-order valence-corrected chi connectivity index (χ2v) is 6.09. The Morgan fingerprint density at radius 2 is 2.15 bits per heavy atom. The number of amides is 1. The van der Waals surface area contributed by atoms with Crippen molar-refractivity contribution in [2.45, 2.75) is 18.9 Å². The summed E-state index contributed by atoms with van der Waals surface area (Å²) in [6.07, 6.45) is 0.740. The molecular weight excluding hydrogens is 296 g/mol. The van der Waals surface area contributed by atoms with Crippen molar-refractivity contribution in [3.8, 4) is 11.3 Å². The first kappa shape index (κ1) is 13.5. The van der Waals surface area contributed by atoms with Crippen LogP contribution in [0.25, 0.3) is 11.3 Å². The molecule has 1 saturated carbocycles. The Morgan fingerprint density at radius 3 is 2.85 bits per heavy atom. The van der Waals surface area contributed by atoms with Crippen LogP contribution in [0.3, 0.4) is 0 Å². The summed E-state index contributed by atoms with van der Waals surface area (Å²) in [6.45, 7) is 0. The third-order valence-corrected chi connectivity index (χ3v) is 4.46. The first-order valence-corrected chi connectivity index (χ1v) is 7.58. The van der Waals surface area contributed by atoms with Gasteiger partial charge in [0.25, 0.3) is 0 Å². The first-order valence-electron chi connectivity index (χ1n) is 6.33. The number of nitrogens with one attached hydrogen (secondary N) is 1. The topological polar surface area (TPSA) is 62.2 Å². The molecule has 3 rings (SSSR count). The molecule has 1 aromatic carbocycles. The van der Waals surface area contributed by atoms with Crippen molar-refractivity contribution >= 4 is 34.0 Å². The van der Waals surface area contributed by atoms with Gasteiger partial charge in [-0.15, -0.1) is 11.3 Å². The van der Waals surface area contributed by atoms with Crippen molar-refractivity contribution in [2.24, 2.45) is 5.92 Å². The van der Waals surface area contributed by atoms with Crippen LogP contribution < -0.4 is 5.32 Å². The van der Waals surface area contributed by atoms with Gasteiger partial charge >= 0.3 is 0 Å². The average Bonchev–Trinajstić information content (AvgIpc) is 2.83. The highest BCUT2D eigenvalue weighted by Gasteiger charge is 2.33. The molecule has 20 heavy (non-hydrogen) atoms. The van der Waals surface area contributed by atoms with E-state index in [0.29, 0.717) is 23.0 Å². The van der Waals surface area contributed by atoms with Gasteiger partial charge in [-0.3, -0.25) is 4.79 Å². The molecule has 1 fully saturated rings. The second-order valence-electron chi connectivity index (χ2n) is 4.83. The first-order chi connectivity index (χ1) is 9.63. The van der Waals surface area contributed by atoms with E-state index in [-0.39, 0.29) is 17.9 Å². The van der Waals surface area contributed by atoms with E-state index in [0.717, 1.165) is 11.3 Å². The molecule has 0 aliphatic heterocycles. The van der Waals surface area contributed by atoms with Crippen molar-refractivity contribution in [3.05, 3.63) is 34.7 Å². The number of anilines is 1. The minimum Gasteiger partial charge on any atom is -0.393 e. The third-order valence-electron chi connectivity index (χ3n) is 3.37. The van der Waals surface area contributed by atoms with E-state index in [1.807, 2.05) is 29.6 Å². The van der Waals surface area contributed by atoms with Crippen LogP contribution in [0.5, 0.6) is 0 Å². The third kappa shape index (κ3) is 2.70. The molecule has 1 aromatic heterocycles. The number of carbonyl (C=O) groups excluding carboxylic acids is 1.